The van der Waals surface area contributed by atoms with E-state index in [9.17, 15) is 14.0 Å². The highest BCUT2D eigenvalue weighted by atomic mass is 19.1. The largest absolute Gasteiger partial charge is 0.493 e. The molecule has 0 bridgehead atoms. The van der Waals surface area contributed by atoms with E-state index in [1.807, 2.05) is 30.3 Å². The Balaban J connectivity index is 1.63. The van der Waals surface area contributed by atoms with Crippen LogP contribution in [0.15, 0.2) is 83.0 Å². The number of ketones is 1. The lowest BCUT2D eigenvalue weighted by Gasteiger charge is -2.37. The third kappa shape index (κ3) is 5.09. The smallest absolute Gasteiger partial charge is 0.234 e. The number of rotatable bonds is 7. The van der Waals surface area contributed by atoms with Gasteiger partial charge < -0.3 is 19.5 Å². The lowest BCUT2D eigenvalue weighted by atomic mass is 9.69. The zero-order chi connectivity index (χ0) is 28.4. The molecular weight excluding hydrogens is 511 g/mol. The molecule has 3 aromatic carbocycles. The molecule has 7 nitrogen and oxygen atoms in total. The number of carbonyl (C=O) groups is 2. The summed E-state index contributed by atoms with van der Waals surface area (Å²) in [5.41, 5.74) is 3.98. The molecular formula is C32H31FN2O5. The highest BCUT2D eigenvalue weighted by Gasteiger charge is 2.44. The van der Waals surface area contributed by atoms with Crippen molar-refractivity contribution in [3.63, 3.8) is 0 Å². The van der Waals surface area contributed by atoms with Crippen molar-refractivity contribution in [2.75, 3.05) is 26.6 Å². The molecule has 1 unspecified atom stereocenters. The second-order valence-corrected chi connectivity index (χ2v) is 9.96. The number of nitrogens with one attached hydrogen (secondary N) is 1. The second-order valence-electron chi connectivity index (χ2n) is 9.96. The number of hydrogen-bond acceptors (Lipinski definition) is 6. The van der Waals surface area contributed by atoms with E-state index in [-0.39, 0.29) is 17.6 Å². The van der Waals surface area contributed by atoms with Crippen molar-refractivity contribution in [2.24, 2.45) is 10.9 Å². The Labute approximate surface area is 232 Å². The first kappa shape index (κ1) is 27.1. The van der Waals surface area contributed by atoms with E-state index in [2.05, 4.69) is 5.32 Å². The van der Waals surface area contributed by atoms with E-state index in [1.165, 1.54) is 45.6 Å². The van der Waals surface area contributed by atoms with Gasteiger partial charge in [-0.1, -0.05) is 30.3 Å². The van der Waals surface area contributed by atoms with Gasteiger partial charge in [0, 0.05) is 35.0 Å². The summed E-state index contributed by atoms with van der Waals surface area (Å²) < 4.78 is 30.2. The van der Waals surface area contributed by atoms with E-state index in [0.717, 1.165) is 5.56 Å². The van der Waals surface area contributed by atoms with E-state index in [4.69, 9.17) is 19.2 Å². The van der Waals surface area contributed by atoms with Gasteiger partial charge >= 0.3 is 0 Å². The number of anilines is 1. The van der Waals surface area contributed by atoms with Crippen molar-refractivity contribution in [1.82, 2.24) is 0 Å². The lowest BCUT2D eigenvalue weighted by molar-refractivity contribution is -0.119. The number of methoxy groups -OCH3 is 3. The fraction of sp³-hybridized carbons (Fsp3) is 0.281. The van der Waals surface area contributed by atoms with Crippen molar-refractivity contribution in [2.45, 2.75) is 31.6 Å². The number of carbonyl (C=O) groups excluding carboxylic acids is 2. The molecule has 1 N–H and O–H groups in total. The van der Waals surface area contributed by atoms with Gasteiger partial charge in [0.15, 0.2) is 17.3 Å². The Morgan fingerprint density at radius 1 is 0.900 bits per heavy atom. The van der Waals surface area contributed by atoms with Crippen LogP contribution in [0.1, 0.15) is 42.7 Å². The van der Waals surface area contributed by atoms with Crippen LogP contribution in [-0.4, -0.2) is 38.7 Å². The van der Waals surface area contributed by atoms with Gasteiger partial charge in [-0.15, -0.1) is 0 Å². The Morgan fingerprint density at radius 3 is 2.15 bits per heavy atom. The zero-order valence-electron chi connectivity index (χ0n) is 22.9. The Hall–Kier alpha value is -4.46. The number of ether oxygens (including phenoxy) is 3. The summed E-state index contributed by atoms with van der Waals surface area (Å²) in [6.07, 6.45) is 0.889. The molecule has 5 rings (SSSR count). The molecule has 0 saturated heterocycles. The zero-order valence-corrected chi connectivity index (χ0v) is 22.9. The van der Waals surface area contributed by atoms with Crippen LogP contribution < -0.4 is 19.5 Å². The van der Waals surface area contributed by atoms with Gasteiger partial charge in [0.05, 0.1) is 27.2 Å². The van der Waals surface area contributed by atoms with Crippen LogP contribution in [0.25, 0.3) is 0 Å². The van der Waals surface area contributed by atoms with Gasteiger partial charge in [-0.25, -0.2) is 4.39 Å². The van der Waals surface area contributed by atoms with Crippen LogP contribution in [0.5, 0.6) is 17.2 Å². The van der Waals surface area contributed by atoms with E-state index >= 15 is 0 Å². The highest BCUT2D eigenvalue weighted by molar-refractivity contribution is 6.13. The molecule has 0 fully saturated rings. The Kier molecular flexibility index (Phi) is 7.69. The van der Waals surface area contributed by atoms with Crippen LogP contribution in [0.3, 0.4) is 0 Å². The maximum Gasteiger partial charge on any atom is 0.234 e. The molecule has 8 heteroatoms. The SMILES string of the molecule is COc1cc([C@H]2C3=C(C[C@H](c4ccccc4)CC3=O)N=C(C)C2C(=O)Nc2ccc(F)cc2)cc(OC)c1OC. The molecule has 206 valence electrons. The predicted octanol–water partition coefficient (Wildman–Crippen LogP) is 6.07. The average molecular weight is 543 g/mol. The molecule has 2 aliphatic rings. The summed E-state index contributed by atoms with van der Waals surface area (Å²) in [5.74, 6) is -1.01. The first-order valence-corrected chi connectivity index (χ1v) is 13.1. The number of aliphatic imine (C=N–C) groups is 1. The Bertz CT molecular complexity index is 1470. The third-order valence-corrected chi connectivity index (χ3v) is 7.60. The number of halogens is 1. The number of amides is 1. The van der Waals surface area contributed by atoms with Crippen LogP contribution in [0.4, 0.5) is 10.1 Å². The van der Waals surface area contributed by atoms with Crippen LogP contribution in [0, 0.1) is 11.7 Å². The molecule has 3 atom stereocenters. The second kappa shape index (κ2) is 11.3. The molecule has 3 aromatic rings. The van der Waals surface area contributed by atoms with Crippen molar-refractivity contribution >= 4 is 23.1 Å². The summed E-state index contributed by atoms with van der Waals surface area (Å²) in [7, 11) is 4.56. The van der Waals surface area contributed by atoms with E-state index in [1.54, 1.807) is 19.1 Å². The minimum Gasteiger partial charge on any atom is -0.493 e. The number of allylic oxidation sites excluding steroid dienone is 2. The first-order chi connectivity index (χ1) is 19.3. The molecule has 1 aliphatic heterocycles. The molecule has 0 spiro atoms. The van der Waals surface area contributed by atoms with E-state index in [0.29, 0.717) is 58.3 Å². The topological polar surface area (TPSA) is 86.2 Å². The van der Waals surface area contributed by atoms with Gasteiger partial charge in [0.25, 0.3) is 0 Å². The first-order valence-electron chi connectivity index (χ1n) is 13.1. The lowest BCUT2D eigenvalue weighted by Crippen LogP contribution is -2.39. The van der Waals surface area contributed by atoms with Crippen LogP contribution in [0.2, 0.25) is 0 Å². The van der Waals surface area contributed by atoms with Gasteiger partial charge in [-0.05, 0) is 66.8 Å². The third-order valence-electron chi connectivity index (χ3n) is 7.60. The quantitative estimate of drug-likeness (QED) is 0.392. The predicted molar refractivity (Wildman–Crippen MR) is 151 cm³/mol. The fourth-order valence-corrected chi connectivity index (χ4v) is 5.75. The van der Waals surface area contributed by atoms with Crippen molar-refractivity contribution in [3.05, 3.63) is 94.9 Å². The monoisotopic (exact) mass is 542 g/mol. The maximum atomic E-state index is 13.9. The van der Waals surface area contributed by atoms with Gasteiger partial charge in [0.1, 0.15) is 5.82 Å². The number of Topliss-reactive ketones (excluding diaryl/α,β-unsaturated/α-hetero) is 1. The van der Waals surface area contributed by atoms with Gasteiger partial charge in [-0.2, -0.15) is 0 Å². The van der Waals surface area contributed by atoms with Gasteiger partial charge in [-0.3, -0.25) is 14.6 Å². The molecule has 0 aromatic heterocycles. The van der Waals surface area contributed by atoms with Crippen LogP contribution >= 0.6 is 0 Å². The minimum atomic E-state index is -0.802. The molecule has 1 heterocycles. The summed E-state index contributed by atoms with van der Waals surface area (Å²) in [6, 6.07) is 19.1. The maximum absolute atomic E-state index is 13.9. The molecule has 40 heavy (non-hydrogen) atoms. The van der Waals surface area contributed by atoms with Crippen LogP contribution in [-0.2, 0) is 9.59 Å². The standard InChI is InChI=1S/C32H31FN2O5/c1-18-28(32(37)35-23-12-10-22(33)11-13-23)29(21-16-26(38-2)31(40-4)27(17-21)39-3)30-24(34-18)14-20(15-25(30)36)19-8-6-5-7-9-19/h5-13,16-17,20,28-29H,14-15H2,1-4H3,(H,35,37)/t20-,28?,29+/m0/s1. The van der Waals surface area contributed by atoms with E-state index < -0.39 is 17.7 Å². The van der Waals surface area contributed by atoms with Gasteiger partial charge in [0.2, 0.25) is 11.7 Å². The molecule has 0 saturated carbocycles. The number of hydrogen-bond donors (Lipinski definition) is 1. The van der Waals surface area contributed by atoms with Crippen molar-refractivity contribution in [1.29, 1.82) is 0 Å². The normalized spacial score (nSPS) is 20.4. The molecule has 1 amide bonds. The summed E-state index contributed by atoms with van der Waals surface area (Å²) in [4.78, 5) is 32.6. The summed E-state index contributed by atoms with van der Waals surface area (Å²) in [6.45, 7) is 1.81. The average Bonchev–Trinajstić information content (AvgIpc) is 2.97. The minimum absolute atomic E-state index is 0.00539. The summed E-state index contributed by atoms with van der Waals surface area (Å²) in [5, 5.41) is 2.89. The highest BCUT2D eigenvalue weighted by Crippen LogP contribution is 2.49. The Morgan fingerprint density at radius 2 is 1.55 bits per heavy atom. The van der Waals surface area contributed by atoms with Crippen molar-refractivity contribution < 1.29 is 28.2 Å². The fourth-order valence-electron chi connectivity index (χ4n) is 5.75. The van der Waals surface area contributed by atoms with Crippen molar-refractivity contribution in [3.8, 4) is 17.2 Å². The summed E-state index contributed by atoms with van der Waals surface area (Å²) >= 11 is 0. The molecule has 0 radical (unpaired) electrons. The number of nitrogens with zero attached hydrogens (tertiary/aromatic N) is 1. The molecule has 1 aliphatic carbocycles. The number of benzene rings is 3.